The molecule has 0 bridgehead atoms. The van der Waals surface area contributed by atoms with Gasteiger partial charge >= 0.3 is 5.69 Å². The van der Waals surface area contributed by atoms with Gasteiger partial charge in [-0.2, -0.15) is 14.9 Å². The highest BCUT2D eigenvalue weighted by Crippen LogP contribution is 2.26. The monoisotopic (exact) mass is 710 g/mol. The Bertz CT molecular complexity index is 2100. The molecule has 0 unspecified atom stereocenters. The molecule has 3 aromatic carbocycles. The van der Waals surface area contributed by atoms with E-state index in [-0.39, 0.29) is 23.6 Å². The Balaban J connectivity index is 1.03. The van der Waals surface area contributed by atoms with Crippen LogP contribution < -0.4 is 20.2 Å². The molecule has 12 nitrogen and oxygen atoms in total. The Morgan fingerprint density at radius 3 is 2.15 bits per heavy atom. The van der Waals surface area contributed by atoms with Crippen molar-refractivity contribution < 1.29 is 23.4 Å². The Hall–Kier alpha value is -6.02. The number of benzene rings is 3. The van der Waals surface area contributed by atoms with Crippen LogP contribution in [0.25, 0.3) is 23.3 Å². The normalized spacial score (nSPS) is 14.8. The van der Waals surface area contributed by atoms with Gasteiger partial charge in [-0.25, -0.2) is 27.8 Å². The van der Waals surface area contributed by atoms with E-state index in [1.807, 2.05) is 55.5 Å². The largest absolute Gasteiger partial charge is 0.487 e. The summed E-state index contributed by atoms with van der Waals surface area (Å²) in [6.07, 6.45) is 8.84. The van der Waals surface area contributed by atoms with Crippen LogP contribution in [-0.4, -0.2) is 73.1 Å². The molecule has 1 saturated heterocycles. The predicted octanol–water partition coefficient (Wildman–Crippen LogP) is 5.82. The van der Waals surface area contributed by atoms with Gasteiger partial charge in [0, 0.05) is 49.2 Å². The van der Waals surface area contributed by atoms with E-state index in [4.69, 9.17) is 9.47 Å². The van der Waals surface area contributed by atoms with Crippen LogP contribution in [0, 0.1) is 11.6 Å². The Kier molecular flexibility index (Phi) is 11.2. The first kappa shape index (κ1) is 35.8. The third-order valence-electron chi connectivity index (χ3n) is 8.72. The first-order valence-electron chi connectivity index (χ1n) is 16.9. The zero-order chi connectivity index (χ0) is 36.6. The summed E-state index contributed by atoms with van der Waals surface area (Å²) in [7, 11) is 0. The molecule has 1 N–H and O–H groups in total. The minimum absolute atomic E-state index is 0.0958. The molecule has 0 saturated carbocycles. The van der Waals surface area contributed by atoms with Gasteiger partial charge in [0.2, 0.25) is 0 Å². The fourth-order valence-corrected chi connectivity index (χ4v) is 5.80. The molecule has 1 aliphatic rings. The lowest BCUT2D eigenvalue weighted by atomic mass is 10.1. The van der Waals surface area contributed by atoms with E-state index in [2.05, 4.69) is 25.0 Å². The Morgan fingerprint density at radius 1 is 0.923 bits per heavy atom. The zero-order valence-electron chi connectivity index (χ0n) is 29.1. The highest BCUT2D eigenvalue weighted by molar-refractivity contribution is 5.70. The average molecular weight is 711 g/mol. The summed E-state index contributed by atoms with van der Waals surface area (Å²) >= 11 is 0. The highest BCUT2D eigenvalue weighted by atomic mass is 19.1. The molecule has 1 aliphatic heterocycles. The van der Waals surface area contributed by atoms with Gasteiger partial charge in [0.1, 0.15) is 48.7 Å². The first-order valence-corrected chi connectivity index (χ1v) is 16.9. The molecule has 1 atom stereocenters. The van der Waals surface area contributed by atoms with E-state index in [0.717, 1.165) is 49.2 Å². The van der Waals surface area contributed by atoms with Crippen LogP contribution >= 0.6 is 0 Å². The average Bonchev–Trinajstić information content (AvgIpc) is 3.81. The van der Waals surface area contributed by atoms with Crippen molar-refractivity contribution in [1.29, 1.82) is 0 Å². The molecule has 0 amide bonds. The molecular weight excluding hydrogens is 670 g/mol. The number of aliphatic hydroxyl groups is 1. The quantitative estimate of drug-likeness (QED) is 0.151. The van der Waals surface area contributed by atoms with E-state index in [0.29, 0.717) is 23.6 Å². The molecular formula is C38H40F2N8O4. The van der Waals surface area contributed by atoms with E-state index in [9.17, 15) is 18.7 Å². The lowest BCUT2D eigenvalue weighted by molar-refractivity contribution is 0.244. The van der Waals surface area contributed by atoms with Crippen LogP contribution in [0.4, 0.5) is 20.2 Å². The van der Waals surface area contributed by atoms with Crippen LogP contribution in [0.3, 0.4) is 0 Å². The molecule has 3 heterocycles. The van der Waals surface area contributed by atoms with Crippen molar-refractivity contribution in [2.45, 2.75) is 33.3 Å². The second-order valence-corrected chi connectivity index (χ2v) is 12.1. The van der Waals surface area contributed by atoms with E-state index >= 15 is 0 Å². The van der Waals surface area contributed by atoms with Crippen molar-refractivity contribution in [1.82, 2.24) is 29.1 Å². The maximum Gasteiger partial charge on any atom is 0.354 e. The topological polar surface area (TPSA) is 116 Å². The number of piperazine rings is 1. The minimum Gasteiger partial charge on any atom is -0.487 e. The number of rotatable bonds is 13. The lowest BCUT2D eigenvalue weighted by Crippen LogP contribution is -2.46. The maximum atomic E-state index is 14.6. The van der Waals surface area contributed by atoms with Gasteiger partial charge in [-0.05, 0) is 80.9 Å². The smallest absolute Gasteiger partial charge is 0.354 e. The fourth-order valence-electron chi connectivity index (χ4n) is 5.80. The molecule has 52 heavy (non-hydrogen) atoms. The molecule has 0 radical (unpaired) electrons. The zero-order valence-corrected chi connectivity index (χ0v) is 29.1. The summed E-state index contributed by atoms with van der Waals surface area (Å²) in [6.45, 7) is 8.75. The second-order valence-electron chi connectivity index (χ2n) is 12.1. The van der Waals surface area contributed by atoms with Crippen molar-refractivity contribution in [3.63, 3.8) is 0 Å². The van der Waals surface area contributed by atoms with Gasteiger partial charge in [0.15, 0.2) is 0 Å². The van der Waals surface area contributed by atoms with Crippen molar-refractivity contribution >= 4 is 29.0 Å². The Labute approximate surface area is 299 Å². The van der Waals surface area contributed by atoms with Crippen LogP contribution in [0.5, 0.6) is 5.75 Å². The van der Waals surface area contributed by atoms with E-state index in [1.54, 1.807) is 26.2 Å². The third-order valence-corrected chi connectivity index (χ3v) is 8.72. The molecule has 6 rings (SSSR count). The van der Waals surface area contributed by atoms with Gasteiger partial charge in [0.05, 0.1) is 35.5 Å². The molecule has 14 heteroatoms. The van der Waals surface area contributed by atoms with Crippen LogP contribution in [-0.2, 0) is 4.74 Å². The minimum atomic E-state index is -0.818. The number of nitrogens with zero attached hydrogens (tertiary/aromatic N) is 8. The second kappa shape index (κ2) is 16.3. The maximum absolute atomic E-state index is 14.6. The summed E-state index contributed by atoms with van der Waals surface area (Å²) in [4.78, 5) is 21.5. The number of aliphatic hydroxyl groups excluding tert-OH is 1. The number of aromatic nitrogens is 6. The SMILES string of the molecule is C/C=C(\[C@H](C)O)n1ncn(-c2ccc(N3CCN(c4ccc(O/C=C(/CC)CO/C(=C\n5cncn5)c5ccc(F)cc5F)cc4)CC3)cc2)c1=O. The van der Waals surface area contributed by atoms with E-state index < -0.39 is 17.7 Å². The summed E-state index contributed by atoms with van der Waals surface area (Å²) in [5, 5.41) is 18.2. The standard InChI is InChI=1S/C38H40F2N8O4/c1-4-28(23-52-37(21-46-25-41-24-42-46)34-15-6-29(39)20-35(34)40)22-51-33-13-11-31(12-14-33)45-18-16-44(17-19-45)30-7-9-32(10-8-30)47-26-43-48(38(47)50)36(5-2)27(3)49/h5-15,20-22,24-27,49H,4,16-19,23H2,1-3H3/b28-22-,36-5+,37-21-/t27-/m0/s1. The van der Waals surface area contributed by atoms with Crippen molar-refractivity contribution in [3.05, 3.63) is 131 Å². The number of ether oxygens (including phenoxy) is 2. The number of hydrogen-bond acceptors (Lipinski definition) is 9. The molecule has 270 valence electrons. The van der Waals surface area contributed by atoms with Crippen LogP contribution in [0.15, 0.2) is 108 Å². The lowest BCUT2D eigenvalue weighted by Gasteiger charge is -2.37. The highest BCUT2D eigenvalue weighted by Gasteiger charge is 2.19. The molecule has 0 spiro atoms. The van der Waals surface area contributed by atoms with Crippen molar-refractivity contribution in [2.24, 2.45) is 0 Å². The predicted molar refractivity (Wildman–Crippen MR) is 196 cm³/mol. The first-order chi connectivity index (χ1) is 25.2. The summed E-state index contributed by atoms with van der Waals surface area (Å²) in [6, 6.07) is 19.0. The number of anilines is 2. The molecule has 0 aliphatic carbocycles. The molecule has 2 aromatic heterocycles. The Morgan fingerprint density at radius 2 is 1.58 bits per heavy atom. The third kappa shape index (κ3) is 8.29. The molecule has 1 fully saturated rings. The van der Waals surface area contributed by atoms with E-state index in [1.165, 1.54) is 51.2 Å². The van der Waals surface area contributed by atoms with Gasteiger partial charge < -0.3 is 24.4 Å². The summed E-state index contributed by atoms with van der Waals surface area (Å²) < 4.78 is 44.2. The van der Waals surface area contributed by atoms with Crippen LogP contribution in [0.1, 0.15) is 32.8 Å². The van der Waals surface area contributed by atoms with Gasteiger partial charge in [0.25, 0.3) is 0 Å². The van der Waals surface area contributed by atoms with Crippen molar-refractivity contribution in [3.8, 4) is 11.4 Å². The molecule has 5 aromatic rings. The number of hydrogen-bond donors (Lipinski definition) is 1. The van der Waals surface area contributed by atoms with Crippen LogP contribution in [0.2, 0.25) is 0 Å². The van der Waals surface area contributed by atoms with Gasteiger partial charge in [-0.1, -0.05) is 13.0 Å². The number of halogens is 2. The summed E-state index contributed by atoms with van der Waals surface area (Å²) in [5.74, 6) is -0.603. The van der Waals surface area contributed by atoms with Gasteiger partial charge in [-0.15, -0.1) is 0 Å². The van der Waals surface area contributed by atoms with Gasteiger partial charge in [-0.3, -0.25) is 0 Å². The number of allylic oxidation sites excluding steroid dienone is 1. The summed E-state index contributed by atoms with van der Waals surface area (Å²) in [5.41, 5.74) is 3.85. The fraction of sp³-hybridized carbons (Fsp3) is 0.263. The van der Waals surface area contributed by atoms with Crippen molar-refractivity contribution in [2.75, 3.05) is 42.6 Å².